The average Bonchev–Trinajstić information content (AvgIpc) is 3.31. The third-order valence-electron chi connectivity index (χ3n) is 4.19. The SMILES string of the molecule is Cc1cc(C)cc(Nc2oc(-c3ccco3)nc2S(=O)(=O)c2ccc(Cl)cc2)c1. The van der Waals surface area contributed by atoms with Crippen LogP contribution in [0.5, 0.6) is 0 Å². The molecule has 0 amide bonds. The summed E-state index contributed by atoms with van der Waals surface area (Å²) in [4.78, 5) is 4.28. The molecule has 0 bridgehead atoms. The lowest BCUT2D eigenvalue weighted by Crippen LogP contribution is -2.05. The van der Waals surface area contributed by atoms with Gasteiger partial charge in [-0.3, -0.25) is 0 Å². The van der Waals surface area contributed by atoms with Gasteiger partial charge in [-0.1, -0.05) is 17.7 Å². The Bertz CT molecular complexity index is 1240. The summed E-state index contributed by atoms with van der Waals surface area (Å²) in [5.74, 6) is 0.400. The maximum Gasteiger partial charge on any atom is 0.266 e. The van der Waals surface area contributed by atoms with Crippen molar-refractivity contribution in [3.05, 3.63) is 77.0 Å². The van der Waals surface area contributed by atoms with Crippen LogP contribution in [-0.2, 0) is 9.84 Å². The molecule has 6 nitrogen and oxygen atoms in total. The van der Waals surface area contributed by atoms with E-state index in [2.05, 4.69) is 10.3 Å². The Kier molecular flexibility index (Phi) is 4.94. The maximum atomic E-state index is 13.2. The maximum absolute atomic E-state index is 13.2. The Morgan fingerprint density at radius 1 is 1.00 bits per heavy atom. The van der Waals surface area contributed by atoms with Crippen LogP contribution in [0.4, 0.5) is 11.6 Å². The molecule has 0 radical (unpaired) electrons. The highest BCUT2D eigenvalue weighted by Crippen LogP contribution is 2.34. The van der Waals surface area contributed by atoms with Gasteiger partial charge in [-0.05, 0) is 73.5 Å². The van der Waals surface area contributed by atoms with E-state index in [1.54, 1.807) is 12.1 Å². The molecule has 148 valence electrons. The number of furan rings is 1. The zero-order valence-electron chi connectivity index (χ0n) is 15.6. The van der Waals surface area contributed by atoms with Crippen LogP contribution in [0, 0.1) is 13.8 Å². The molecular weight excluding hydrogens is 412 g/mol. The fourth-order valence-corrected chi connectivity index (χ4v) is 4.36. The first-order valence-corrected chi connectivity index (χ1v) is 10.6. The first-order chi connectivity index (χ1) is 13.8. The third-order valence-corrected chi connectivity index (χ3v) is 6.12. The summed E-state index contributed by atoms with van der Waals surface area (Å²) in [5, 5.41) is 3.26. The van der Waals surface area contributed by atoms with E-state index in [-0.39, 0.29) is 21.7 Å². The number of rotatable bonds is 5. The Morgan fingerprint density at radius 3 is 2.31 bits per heavy atom. The van der Waals surface area contributed by atoms with Crippen LogP contribution in [0.2, 0.25) is 5.02 Å². The number of halogens is 1. The lowest BCUT2D eigenvalue weighted by Gasteiger charge is -2.08. The van der Waals surface area contributed by atoms with Gasteiger partial charge in [0, 0.05) is 10.7 Å². The molecule has 0 aliphatic carbocycles. The van der Waals surface area contributed by atoms with Crippen LogP contribution in [-0.4, -0.2) is 13.4 Å². The number of nitrogens with one attached hydrogen (secondary N) is 1. The van der Waals surface area contributed by atoms with Gasteiger partial charge >= 0.3 is 0 Å². The molecule has 0 spiro atoms. The molecule has 0 saturated carbocycles. The first-order valence-electron chi connectivity index (χ1n) is 8.73. The number of hydrogen-bond donors (Lipinski definition) is 1. The zero-order chi connectivity index (χ0) is 20.6. The van der Waals surface area contributed by atoms with Crippen LogP contribution in [0.15, 0.2) is 79.6 Å². The van der Waals surface area contributed by atoms with E-state index >= 15 is 0 Å². The average molecular weight is 429 g/mol. The second-order valence-corrected chi connectivity index (χ2v) is 8.89. The Morgan fingerprint density at radius 2 is 1.69 bits per heavy atom. The van der Waals surface area contributed by atoms with Crippen molar-refractivity contribution in [1.29, 1.82) is 0 Å². The summed E-state index contributed by atoms with van der Waals surface area (Å²) in [6, 6.07) is 15.0. The molecule has 0 saturated heterocycles. The molecular formula is C21H17ClN2O4S. The van der Waals surface area contributed by atoms with Gasteiger partial charge in [0.15, 0.2) is 5.76 Å². The molecule has 1 N–H and O–H groups in total. The highest BCUT2D eigenvalue weighted by molar-refractivity contribution is 7.91. The lowest BCUT2D eigenvalue weighted by atomic mass is 10.1. The van der Waals surface area contributed by atoms with E-state index in [1.165, 1.54) is 30.5 Å². The molecule has 2 aromatic carbocycles. The van der Waals surface area contributed by atoms with Gasteiger partial charge in [-0.15, -0.1) is 0 Å². The smallest absolute Gasteiger partial charge is 0.266 e. The molecule has 2 heterocycles. The highest BCUT2D eigenvalue weighted by Gasteiger charge is 2.29. The van der Waals surface area contributed by atoms with Crippen molar-refractivity contribution < 1.29 is 17.3 Å². The van der Waals surface area contributed by atoms with Crippen molar-refractivity contribution in [2.45, 2.75) is 23.8 Å². The fraction of sp³-hybridized carbons (Fsp3) is 0.0952. The van der Waals surface area contributed by atoms with E-state index in [0.29, 0.717) is 16.5 Å². The van der Waals surface area contributed by atoms with Gasteiger partial charge in [0.05, 0.1) is 11.2 Å². The van der Waals surface area contributed by atoms with Crippen molar-refractivity contribution in [1.82, 2.24) is 4.98 Å². The van der Waals surface area contributed by atoms with Gasteiger partial charge in [0.25, 0.3) is 5.89 Å². The van der Waals surface area contributed by atoms with Crippen molar-refractivity contribution >= 4 is 33.0 Å². The lowest BCUT2D eigenvalue weighted by molar-refractivity contribution is 0.524. The number of aryl methyl sites for hydroxylation is 2. The number of sulfone groups is 1. The number of anilines is 2. The molecule has 4 aromatic rings. The van der Waals surface area contributed by atoms with Gasteiger partial charge in [-0.25, -0.2) is 8.42 Å². The molecule has 2 aromatic heterocycles. The van der Waals surface area contributed by atoms with Crippen LogP contribution in [0.3, 0.4) is 0 Å². The molecule has 0 unspecified atom stereocenters. The number of nitrogens with zero attached hydrogens (tertiary/aromatic N) is 1. The first kappa shape index (κ1) is 19.3. The molecule has 0 atom stereocenters. The minimum Gasteiger partial charge on any atom is -0.459 e. The van der Waals surface area contributed by atoms with E-state index in [1.807, 2.05) is 32.0 Å². The summed E-state index contributed by atoms with van der Waals surface area (Å²) < 4.78 is 37.5. The summed E-state index contributed by atoms with van der Waals surface area (Å²) in [7, 11) is -3.96. The number of benzene rings is 2. The number of oxazole rings is 1. The minimum atomic E-state index is -3.96. The highest BCUT2D eigenvalue weighted by atomic mass is 35.5. The van der Waals surface area contributed by atoms with Gasteiger partial charge in [-0.2, -0.15) is 4.98 Å². The Hall–Kier alpha value is -3.03. The van der Waals surface area contributed by atoms with Gasteiger partial charge in [0.2, 0.25) is 20.7 Å². The van der Waals surface area contributed by atoms with Crippen molar-refractivity contribution in [2.24, 2.45) is 0 Å². The monoisotopic (exact) mass is 428 g/mol. The van der Waals surface area contributed by atoms with Gasteiger partial charge < -0.3 is 14.2 Å². The fourth-order valence-electron chi connectivity index (χ4n) is 2.98. The normalized spacial score (nSPS) is 11.6. The van der Waals surface area contributed by atoms with Crippen LogP contribution in [0.25, 0.3) is 11.7 Å². The largest absolute Gasteiger partial charge is 0.459 e. The van der Waals surface area contributed by atoms with Crippen molar-refractivity contribution in [3.63, 3.8) is 0 Å². The zero-order valence-corrected chi connectivity index (χ0v) is 17.2. The van der Waals surface area contributed by atoms with Crippen molar-refractivity contribution in [3.8, 4) is 11.7 Å². The molecule has 0 aliphatic rings. The van der Waals surface area contributed by atoms with E-state index in [0.717, 1.165) is 11.1 Å². The molecule has 0 aliphatic heterocycles. The van der Waals surface area contributed by atoms with E-state index < -0.39 is 9.84 Å². The predicted octanol–water partition coefficient (Wildman–Crippen LogP) is 5.78. The Labute approximate surface area is 173 Å². The molecule has 29 heavy (non-hydrogen) atoms. The molecule has 0 fully saturated rings. The van der Waals surface area contributed by atoms with Crippen LogP contribution >= 0.6 is 11.6 Å². The topological polar surface area (TPSA) is 85.3 Å². The molecule has 8 heteroatoms. The standard InChI is InChI=1S/C21H17ClN2O4S/c1-13-10-14(2)12-16(11-13)23-20-21(24-19(28-20)18-4-3-9-27-18)29(25,26)17-7-5-15(22)6-8-17/h3-12,23H,1-2H3. The minimum absolute atomic E-state index is 0.0105. The molecule has 4 rings (SSSR count). The third kappa shape index (κ3) is 3.92. The van der Waals surface area contributed by atoms with Crippen LogP contribution < -0.4 is 5.32 Å². The number of hydrogen-bond acceptors (Lipinski definition) is 6. The van der Waals surface area contributed by atoms with Crippen molar-refractivity contribution in [2.75, 3.05) is 5.32 Å². The summed E-state index contributed by atoms with van der Waals surface area (Å²) in [6.07, 6.45) is 1.46. The summed E-state index contributed by atoms with van der Waals surface area (Å²) in [6.45, 7) is 3.91. The van der Waals surface area contributed by atoms with Crippen LogP contribution in [0.1, 0.15) is 11.1 Å². The number of aromatic nitrogens is 1. The summed E-state index contributed by atoms with van der Waals surface area (Å²) >= 11 is 5.89. The summed E-state index contributed by atoms with van der Waals surface area (Å²) in [5.41, 5.74) is 2.75. The second-order valence-electron chi connectivity index (χ2n) is 6.59. The second kappa shape index (κ2) is 7.42. The predicted molar refractivity (Wildman–Crippen MR) is 110 cm³/mol. The van der Waals surface area contributed by atoms with E-state index in [4.69, 9.17) is 20.4 Å². The quantitative estimate of drug-likeness (QED) is 0.433. The Balaban J connectivity index is 1.84. The van der Waals surface area contributed by atoms with E-state index in [9.17, 15) is 8.42 Å². The van der Waals surface area contributed by atoms with Gasteiger partial charge in [0.1, 0.15) is 0 Å².